The number of aliphatic hydroxyl groups excluding tert-OH is 1. The zero-order chi connectivity index (χ0) is 21.9. The maximum absolute atomic E-state index is 13.0. The van der Waals surface area contributed by atoms with Gasteiger partial charge in [-0.05, 0) is 67.8 Å². The van der Waals surface area contributed by atoms with Crippen molar-refractivity contribution in [2.45, 2.75) is 70.5 Å². The number of carboxylic acids is 1. The molecule has 7 atom stereocenters. The Morgan fingerprint density at radius 1 is 1.17 bits per heavy atom. The Morgan fingerprint density at radius 2 is 1.90 bits per heavy atom. The number of ketones is 2. The van der Waals surface area contributed by atoms with Crippen LogP contribution in [0.4, 0.5) is 0 Å². The van der Waals surface area contributed by atoms with Gasteiger partial charge in [-0.15, -0.1) is 11.8 Å². The lowest BCUT2D eigenvalue weighted by atomic mass is 9.45. The standard InChI is InChI=1S/C23H32O6S/c1-21-7-5-14(24)9-13(21)3-4-15-16-6-8-23(29,18(26)11-30-12-19(27)28)22(16,2)10-17(25)20(15)21/h9,15-17,20,25,29H,3-8,10-12H2,1-2H3,(H,27,28)/t15-,16-,17-,20-,21-,22-,23-/m0/s1. The van der Waals surface area contributed by atoms with Crippen molar-refractivity contribution in [2.24, 2.45) is 28.6 Å². The van der Waals surface area contributed by atoms with Crippen LogP contribution in [0.15, 0.2) is 11.6 Å². The van der Waals surface area contributed by atoms with Crippen LogP contribution >= 0.6 is 11.8 Å². The van der Waals surface area contributed by atoms with Crippen molar-refractivity contribution in [3.05, 3.63) is 11.6 Å². The van der Waals surface area contributed by atoms with Crippen molar-refractivity contribution in [3.8, 4) is 0 Å². The van der Waals surface area contributed by atoms with Crippen molar-refractivity contribution in [1.82, 2.24) is 0 Å². The van der Waals surface area contributed by atoms with E-state index in [0.717, 1.165) is 43.0 Å². The molecule has 0 unspecified atom stereocenters. The number of fused-ring (bicyclic) bond motifs is 5. The Hall–Kier alpha value is -1.18. The Labute approximate surface area is 181 Å². The van der Waals surface area contributed by atoms with Crippen LogP contribution in [0.25, 0.3) is 0 Å². The third-order valence-electron chi connectivity index (χ3n) is 8.97. The second-order valence-corrected chi connectivity index (χ2v) is 11.3. The first kappa shape index (κ1) is 22.0. The lowest BCUT2D eigenvalue weighted by Gasteiger charge is -2.60. The Kier molecular flexibility index (Phi) is 5.47. The first-order valence-electron chi connectivity index (χ1n) is 11.0. The summed E-state index contributed by atoms with van der Waals surface area (Å²) in [6.07, 6.45) is 5.62. The summed E-state index contributed by atoms with van der Waals surface area (Å²) < 4.78 is 0. The van der Waals surface area contributed by atoms with Gasteiger partial charge < -0.3 is 15.3 Å². The SMILES string of the molecule is C[C@]12CCC(=O)C=C1CC[C@@H]1[C@H]2[C@@H](O)C[C@@]2(C)[C@H]1CC[C@]2(O)C(=O)CSCC(=O)O. The van der Waals surface area contributed by atoms with Gasteiger partial charge in [0.15, 0.2) is 11.6 Å². The lowest BCUT2D eigenvalue weighted by Crippen LogP contribution is -2.62. The number of thioether (sulfide) groups is 1. The Morgan fingerprint density at radius 3 is 2.60 bits per heavy atom. The van der Waals surface area contributed by atoms with Gasteiger partial charge in [0, 0.05) is 11.8 Å². The van der Waals surface area contributed by atoms with Crippen LogP contribution in [0.3, 0.4) is 0 Å². The van der Waals surface area contributed by atoms with Gasteiger partial charge in [-0.3, -0.25) is 14.4 Å². The molecule has 0 bridgehead atoms. The minimum absolute atomic E-state index is 0.0258. The number of rotatable bonds is 5. The molecule has 3 saturated carbocycles. The highest BCUT2D eigenvalue weighted by Gasteiger charge is 2.68. The monoisotopic (exact) mass is 436 g/mol. The average molecular weight is 437 g/mol. The van der Waals surface area contributed by atoms with Crippen molar-refractivity contribution < 1.29 is 29.7 Å². The summed E-state index contributed by atoms with van der Waals surface area (Å²) in [5, 5.41) is 31.7. The minimum Gasteiger partial charge on any atom is -0.481 e. The maximum Gasteiger partial charge on any atom is 0.313 e. The second-order valence-electron chi connectivity index (χ2n) is 10.3. The molecular weight excluding hydrogens is 404 g/mol. The van der Waals surface area contributed by atoms with E-state index in [4.69, 9.17) is 5.11 Å². The van der Waals surface area contributed by atoms with Gasteiger partial charge in [-0.2, -0.15) is 0 Å². The third-order valence-corrected chi connectivity index (χ3v) is 9.89. The summed E-state index contributed by atoms with van der Waals surface area (Å²) in [6.45, 7) is 4.13. The molecule has 0 saturated heterocycles. The minimum atomic E-state index is -1.52. The van der Waals surface area contributed by atoms with E-state index in [1.807, 2.05) is 6.92 Å². The zero-order valence-corrected chi connectivity index (χ0v) is 18.5. The van der Waals surface area contributed by atoms with Crippen LogP contribution in [0.1, 0.15) is 58.8 Å². The van der Waals surface area contributed by atoms with E-state index in [2.05, 4.69) is 6.92 Å². The summed E-state index contributed by atoms with van der Waals surface area (Å²) >= 11 is 1.02. The number of hydrogen-bond acceptors (Lipinski definition) is 6. The molecule has 4 rings (SSSR count). The molecule has 0 spiro atoms. The van der Waals surface area contributed by atoms with E-state index in [1.165, 1.54) is 0 Å². The maximum atomic E-state index is 13.0. The number of aliphatic carboxylic acids is 1. The smallest absolute Gasteiger partial charge is 0.313 e. The third kappa shape index (κ3) is 3.11. The van der Waals surface area contributed by atoms with E-state index >= 15 is 0 Å². The van der Waals surface area contributed by atoms with Crippen LogP contribution in [-0.4, -0.2) is 56.1 Å². The topological polar surface area (TPSA) is 112 Å². The average Bonchev–Trinajstić information content (AvgIpc) is 2.93. The van der Waals surface area contributed by atoms with Crippen LogP contribution in [-0.2, 0) is 14.4 Å². The van der Waals surface area contributed by atoms with Gasteiger partial charge in [0.25, 0.3) is 0 Å². The van der Waals surface area contributed by atoms with Gasteiger partial charge >= 0.3 is 5.97 Å². The van der Waals surface area contributed by atoms with Gasteiger partial charge in [-0.1, -0.05) is 19.4 Å². The molecule has 3 N–H and O–H groups in total. The fourth-order valence-corrected chi connectivity index (χ4v) is 8.20. The van der Waals surface area contributed by atoms with Gasteiger partial charge in [0.05, 0.1) is 17.6 Å². The molecule has 3 fully saturated rings. The van der Waals surface area contributed by atoms with E-state index in [0.29, 0.717) is 19.3 Å². The summed E-state index contributed by atoms with van der Waals surface area (Å²) in [5.74, 6) is -0.906. The highest BCUT2D eigenvalue weighted by Crippen LogP contribution is 2.67. The summed E-state index contributed by atoms with van der Waals surface area (Å²) in [5.41, 5.74) is -1.26. The molecule has 0 aromatic carbocycles. The number of carboxylic acid groups (broad SMARTS) is 1. The molecular formula is C23H32O6S. The number of carbonyl (C=O) groups excluding carboxylic acids is 2. The number of aliphatic hydroxyl groups is 2. The lowest BCUT2D eigenvalue weighted by molar-refractivity contribution is -0.178. The molecule has 0 radical (unpaired) electrons. The number of carbonyl (C=O) groups is 3. The van der Waals surface area contributed by atoms with E-state index in [9.17, 15) is 24.6 Å². The Balaban J connectivity index is 1.61. The summed E-state index contributed by atoms with van der Waals surface area (Å²) in [4.78, 5) is 35.8. The van der Waals surface area contributed by atoms with Gasteiger partial charge in [-0.25, -0.2) is 0 Å². The molecule has 0 amide bonds. The zero-order valence-electron chi connectivity index (χ0n) is 17.7. The molecule has 0 aromatic heterocycles. The van der Waals surface area contributed by atoms with Crippen LogP contribution < -0.4 is 0 Å². The number of Topliss-reactive ketones (excluding diaryl/α,β-unsaturated/α-hetero) is 1. The van der Waals surface area contributed by atoms with E-state index < -0.39 is 23.1 Å². The van der Waals surface area contributed by atoms with Crippen molar-refractivity contribution >= 4 is 29.3 Å². The molecule has 166 valence electrons. The molecule has 4 aliphatic carbocycles. The molecule has 30 heavy (non-hydrogen) atoms. The quantitative estimate of drug-likeness (QED) is 0.607. The summed E-state index contributed by atoms with van der Waals surface area (Å²) in [6, 6.07) is 0. The van der Waals surface area contributed by atoms with Crippen LogP contribution in [0.2, 0.25) is 0 Å². The van der Waals surface area contributed by atoms with Gasteiger partial charge in [0.1, 0.15) is 5.60 Å². The van der Waals surface area contributed by atoms with Crippen molar-refractivity contribution in [3.63, 3.8) is 0 Å². The Bertz CT molecular complexity index is 808. The number of allylic oxidation sites excluding steroid dienone is 1. The van der Waals surface area contributed by atoms with Crippen molar-refractivity contribution in [2.75, 3.05) is 11.5 Å². The van der Waals surface area contributed by atoms with E-state index in [1.54, 1.807) is 6.08 Å². The largest absolute Gasteiger partial charge is 0.481 e. The number of hydrogen-bond donors (Lipinski definition) is 3. The first-order valence-corrected chi connectivity index (χ1v) is 12.2. The van der Waals surface area contributed by atoms with Gasteiger partial charge in [0.2, 0.25) is 0 Å². The van der Waals surface area contributed by atoms with E-state index in [-0.39, 0.29) is 46.2 Å². The van der Waals surface area contributed by atoms with Crippen molar-refractivity contribution in [1.29, 1.82) is 0 Å². The highest BCUT2D eigenvalue weighted by molar-refractivity contribution is 8.00. The molecule has 6 nitrogen and oxygen atoms in total. The molecule has 7 heteroatoms. The first-order chi connectivity index (χ1) is 14.0. The molecule has 0 aliphatic heterocycles. The fraction of sp³-hybridized carbons (Fsp3) is 0.783. The predicted octanol–water partition coefficient (Wildman–Crippen LogP) is 2.61. The van der Waals surface area contributed by atoms with Crippen LogP contribution in [0.5, 0.6) is 0 Å². The normalized spacial score (nSPS) is 45.2. The molecule has 4 aliphatic rings. The predicted molar refractivity (Wildman–Crippen MR) is 113 cm³/mol. The fourth-order valence-electron chi connectivity index (χ4n) is 7.50. The highest BCUT2D eigenvalue weighted by atomic mass is 32.2. The second kappa shape index (κ2) is 7.45. The van der Waals surface area contributed by atoms with Crippen LogP contribution in [0, 0.1) is 28.6 Å². The molecule has 0 aromatic rings. The molecule has 0 heterocycles. The summed E-state index contributed by atoms with van der Waals surface area (Å²) in [7, 11) is 0.